The average molecular weight is 184 g/mol. The number of carbonyl (C=O) groups excluding carboxylic acids is 2. The first-order chi connectivity index (χ1) is 6.18. The Morgan fingerprint density at radius 1 is 1.31 bits per heavy atom. The van der Waals surface area contributed by atoms with Crippen molar-refractivity contribution in [3.8, 4) is 0 Å². The van der Waals surface area contributed by atoms with Gasteiger partial charge in [0.2, 0.25) is 0 Å². The fourth-order valence-electron chi connectivity index (χ4n) is 2.09. The van der Waals surface area contributed by atoms with Gasteiger partial charge in [0.05, 0.1) is 6.10 Å². The zero-order chi connectivity index (χ0) is 9.42. The predicted molar refractivity (Wildman–Crippen MR) is 43.8 cm³/mol. The van der Waals surface area contributed by atoms with Crippen molar-refractivity contribution in [1.29, 1.82) is 0 Å². The fraction of sp³-hybridized carbons (Fsp3) is 0.750. The van der Waals surface area contributed by atoms with Crippen LogP contribution in [0.3, 0.4) is 0 Å². The Kier molecular flexibility index (Phi) is 1.95. The first-order valence-electron chi connectivity index (χ1n) is 4.48. The summed E-state index contributed by atoms with van der Waals surface area (Å²) in [5, 5.41) is 14.2. The lowest BCUT2D eigenvalue weighted by atomic mass is 9.96. The van der Waals surface area contributed by atoms with Crippen LogP contribution < -0.4 is 10.6 Å². The van der Waals surface area contributed by atoms with Crippen LogP contribution in [-0.4, -0.2) is 29.2 Å². The van der Waals surface area contributed by atoms with Gasteiger partial charge < -0.3 is 10.4 Å². The molecule has 2 rings (SSSR count). The van der Waals surface area contributed by atoms with E-state index in [0.29, 0.717) is 0 Å². The molecule has 0 aromatic rings. The molecule has 1 aliphatic carbocycles. The zero-order valence-electron chi connectivity index (χ0n) is 7.12. The summed E-state index contributed by atoms with van der Waals surface area (Å²) in [5.41, 5.74) is 0. The minimum atomic E-state index is -0.523. The highest BCUT2D eigenvalue weighted by molar-refractivity contribution is 6.04. The largest absolute Gasteiger partial charge is 0.393 e. The highest BCUT2D eigenvalue weighted by Gasteiger charge is 2.41. The maximum atomic E-state index is 11.2. The highest BCUT2D eigenvalue weighted by atomic mass is 16.3. The second kappa shape index (κ2) is 2.99. The van der Waals surface area contributed by atoms with Gasteiger partial charge in [0, 0.05) is 5.92 Å². The van der Waals surface area contributed by atoms with Gasteiger partial charge in [-0.25, -0.2) is 4.79 Å². The molecular formula is C8H12N2O3. The van der Waals surface area contributed by atoms with Crippen LogP contribution in [0.4, 0.5) is 4.79 Å². The normalized spacial score (nSPS) is 39.0. The Morgan fingerprint density at radius 2 is 2.08 bits per heavy atom. The molecule has 3 amide bonds. The number of carbonyl (C=O) groups is 2. The van der Waals surface area contributed by atoms with Crippen LogP contribution >= 0.6 is 0 Å². The first-order valence-corrected chi connectivity index (χ1v) is 4.48. The number of aliphatic hydroxyl groups excluding tert-OH is 1. The molecule has 72 valence electrons. The van der Waals surface area contributed by atoms with Crippen molar-refractivity contribution in [3.63, 3.8) is 0 Å². The highest BCUT2D eigenvalue weighted by Crippen LogP contribution is 2.29. The number of hydrogen-bond acceptors (Lipinski definition) is 3. The van der Waals surface area contributed by atoms with Crippen LogP contribution in [0.1, 0.15) is 19.3 Å². The SMILES string of the molecule is O=C1NC(=O)C(C2CCCC2O)N1. The van der Waals surface area contributed by atoms with E-state index in [0.717, 1.165) is 19.3 Å². The number of aliphatic hydroxyl groups is 1. The van der Waals surface area contributed by atoms with Gasteiger partial charge in [-0.3, -0.25) is 10.1 Å². The standard InChI is InChI=1S/C8H12N2O3/c11-5-3-1-2-4(5)6-7(12)10-8(13)9-6/h4-6,11H,1-3H2,(H2,9,10,12,13). The van der Waals surface area contributed by atoms with Gasteiger partial charge in [0.25, 0.3) is 5.91 Å². The molecule has 1 aliphatic heterocycles. The molecule has 5 nitrogen and oxygen atoms in total. The van der Waals surface area contributed by atoms with Gasteiger partial charge in [0.1, 0.15) is 6.04 Å². The molecule has 3 atom stereocenters. The topological polar surface area (TPSA) is 78.4 Å². The third kappa shape index (κ3) is 1.39. The Bertz CT molecular complexity index is 254. The van der Waals surface area contributed by atoms with Crippen molar-refractivity contribution in [1.82, 2.24) is 10.6 Å². The number of rotatable bonds is 1. The molecule has 1 heterocycles. The number of hydrogen-bond donors (Lipinski definition) is 3. The third-order valence-electron chi connectivity index (χ3n) is 2.77. The second-order valence-electron chi connectivity index (χ2n) is 3.60. The van der Waals surface area contributed by atoms with Crippen LogP contribution in [0.15, 0.2) is 0 Å². The summed E-state index contributed by atoms with van der Waals surface area (Å²) in [5.74, 6) is -0.414. The summed E-state index contributed by atoms with van der Waals surface area (Å²) < 4.78 is 0. The molecule has 0 radical (unpaired) electrons. The Hall–Kier alpha value is -1.10. The lowest BCUT2D eigenvalue weighted by Gasteiger charge is -2.18. The maximum Gasteiger partial charge on any atom is 0.322 e. The minimum absolute atomic E-state index is 0.105. The van der Waals surface area contributed by atoms with Crippen LogP contribution in [-0.2, 0) is 4.79 Å². The Balaban J connectivity index is 2.08. The molecule has 0 bridgehead atoms. The van der Waals surface area contributed by atoms with Gasteiger partial charge >= 0.3 is 6.03 Å². The maximum absolute atomic E-state index is 11.2. The zero-order valence-corrected chi connectivity index (χ0v) is 7.12. The van der Waals surface area contributed by atoms with Crippen LogP contribution in [0, 0.1) is 5.92 Å². The number of amides is 3. The van der Waals surface area contributed by atoms with E-state index in [2.05, 4.69) is 10.6 Å². The molecule has 2 fully saturated rings. The molecule has 0 aromatic carbocycles. The molecule has 1 saturated heterocycles. The summed E-state index contributed by atoms with van der Waals surface area (Å²) in [6.45, 7) is 0. The number of nitrogens with one attached hydrogen (secondary N) is 2. The van der Waals surface area contributed by atoms with E-state index in [1.54, 1.807) is 0 Å². The van der Waals surface area contributed by atoms with E-state index < -0.39 is 18.2 Å². The van der Waals surface area contributed by atoms with Crippen LogP contribution in [0.5, 0.6) is 0 Å². The molecule has 0 spiro atoms. The Labute approximate surface area is 75.5 Å². The number of imide groups is 1. The van der Waals surface area contributed by atoms with Crippen molar-refractivity contribution in [3.05, 3.63) is 0 Å². The summed E-state index contributed by atoms with van der Waals surface area (Å²) >= 11 is 0. The minimum Gasteiger partial charge on any atom is -0.393 e. The van der Waals surface area contributed by atoms with E-state index >= 15 is 0 Å². The van der Waals surface area contributed by atoms with Crippen molar-refractivity contribution >= 4 is 11.9 Å². The average Bonchev–Trinajstić information content (AvgIpc) is 2.58. The van der Waals surface area contributed by atoms with Gasteiger partial charge in [-0.2, -0.15) is 0 Å². The first kappa shape index (κ1) is 8.50. The second-order valence-corrected chi connectivity index (χ2v) is 3.60. The monoisotopic (exact) mass is 184 g/mol. The van der Waals surface area contributed by atoms with E-state index in [1.165, 1.54) is 0 Å². The molecule has 5 heteroatoms. The molecular weight excluding hydrogens is 172 g/mol. The lowest BCUT2D eigenvalue weighted by Crippen LogP contribution is -2.40. The van der Waals surface area contributed by atoms with Gasteiger partial charge in [0.15, 0.2) is 0 Å². The summed E-state index contributed by atoms with van der Waals surface area (Å²) in [7, 11) is 0. The third-order valence-corrected chi connectivity index (χ3v) is 2.77. The fourth-order valence-corrected chi connectivity index (χ4v) is 2.09. The number of urea groups is 1. The van der Waals surface area contributed by atoms with Crippen LogP contribution in [0.2, 0.25) is 0 Å². The Morgan fingerprint density at radius 3 is 2.54 bits per heavy atom. The quantitative estimate of drug-likeness (QED) is 0.474. The molecule has 1 saturated carbocycles. The summed E-state index contributed by atoms with van der Waals surface area (Å²) in [6, 6.07) is -0.973. The molecule has 3 N–H and O–H groups in total. The molecule has 13 heavy (non-hydrogen) atoms. The van der Waals surface area contributed by atoms with Gasteiger partial charge in [-0.05, 0) is 12.8 Å². The summed E-state index contributed by atoms with van der Waals surface area (Å²) in [6.07, 6.45) is 2.00. The van der Waals surface area contributed by atoms with Crippen molar-refractivity contribution in [2.24, 2.45) is 5.92 Å². The molecule has 2 aliphatic rings. The predicted octanol–water partition coefficient (Wildman–Crippen LogP) is -0.645. The van der Waals surface area contributed by atoms with Crippen LogP contribution in [0.25, 0.3) is 0 Å². The van der Waals surface area contributed by atoms with Crippen molar-refractivity contribution in [2.45, 2.75) is 31.4 Å². The summed E-state index contributed by atoms with van der Waals surface area (Å²) in [4.78, 5) is 22.0. The van der Waals surface area contributed by atoms with Crippen molar-refractivity contribution in [2.75, 3.05) is 0 Å². The lowest BCUT2D eigenvalue weighted by molar-refractivity contribution is -0.122. The molecule has 0 aromatic heterocycles. The van der Waals surface area contributed by atoms with E-state index in [4.69, 9.17) is 0 Å². The van der Waals surface area contributed by atoms with E-state index in [1.807, 2.05) is 0 Å². The van der Waals surface area contributed by atoms with Gasteiger partial charge in [-0.15, -0.1) is 0 Å². The van der Waals surface area contributed by atoms with E-state index in [-0.39, 0.29) is 11.8 Å². The molecule has 3 unspecified atom stereocenters. The smallest absolute Gasteiger partial charge is 0.322 e. The van der Waals surface area contributed by atoms with Crippen molar-refractivity contribution < 1.29 is 14.7 Å². The van der Waals surface area contributed by atoms with E-state index in [9.17, 15) is 14.7 Å². The van der Waals surface area contributed by atoms with Gasteiger partial charge in [-0.1, -0.05) is 6.42 Å².